The molecule has 0 aliphatic heterocycles. The first-order valence-electron chi connectivity index (χ1n) is 8.41. The SMILES string of the molecule is CCCCCN(C)CCOc1cccc(CNC2CC2)c1. The fraction of sp³-hybridized carbons (Fsp3) is 0.667. The molecule has 1 saturated carbocycles. The predicted octanol–water partition coefficient (Wildman–Crippen LogP) is 3.44. The zero-order valence-corrected chi connectivity index (χ0v) is 13.6. The highest BCUT2D eigenvalue weighted by Crippen LogP contribution is 2.20. The van der Waals surface area contributed by atoms with E-state index < -0.39 is 0 Å². The van der Waals surface area contributed by atoms with Crippen molar-refractivity contribution in [2.45, 2.75) is 51.6 Å². The van der Waals surface area contributed by atoms with E-state index in [1.165, 1.54) is 44.2 Å². The van der Waals surface area contributed by atoms with Gasteiger partial charge < -0.3 is 15.0 Å². The number of rotatable bonds is 11. The number of unbranched alkanes of at least 4 members (excludes halogenated alkanes) is 2. The summed E-state index contributed by atoms with van der Waals surface area (Å²) < 4.78 is 5.88. The molecule has 1 N–H and O–H groups in total. The summed E-state index contributed by atoms with van der Waals surface area (Å²) in [6.07, 6.45) is 6.56. The van der Waals surface area contributed by atoms with Crippen molar-refractivity contribution in [2.24, 2.45) is 0 Å². The Morgan fingerprint density at radius 1 is 1.24 bits per heavy atom. The Balaban J connectivity index is 1.63. The molecule has 0 saturated heterocycles. The van der Waals surface area contributed by atoms with E-state index >= 15 is 0 Å². The Hall–Kier alpha value is -1.06. The number of nitrogens with zero attached hydrogens (tertiary/aromatic N) is 1. The second kappa shape index (κ2) is 9.06. The summed E-state index contributed by atoms with van der Waals surface area (Å²) in [6.45, 7) is 6.13. The average molecular weight is 290 g/mol. The van der Waals surface area contributed by atoms with Gasteiger partial charge in [0.1, 0.15) is 12.4 Å². The molecule has 0 heterocycles. The fourth-order valence-corrected chi connectivity index (χ4v) is 2.36. The normalized spacial score (nSPS) is 14.6. The second-order valence-corrected chi connectivity index (χ2v) is 6.16. The molecule has 1 aliphatic carbocycles. The topological polar surface area (TPSA) is 24.5 Å². The first kappa shape index (κ1) is 16.3. The van der Waals surface area contributed by atoms with Gasteiger partial charge in [0.05, 0.1) is 0 Å². The lowest BCUT2D eigenvalue weighted by atomic mass is 10.2. The molecule has 118 valence electrons. The molecule has 0 atom stereocenters. The van der Waals surface area contributed by atoms with Gasteiger partial charge in [-0.05, 0) is 50.6 Å². The van der Waals surface area contributed by atoms with Crippen LogP contribution in [-0.2, 0) is 6.54 Å². The Labute approximate surface area is 129 Å². The first-order chi connectivity index (χ1) is 10.3. The van der Waals surface area contributed by atoms with Gasteiger partial charge >= 0.3 is 0 Å². The van der Waals surface area contributed by atoms with Crippen LogP contribution >= 0.6 is 0 Å². The predicted molar refractivity (Wildman–Crippen MR) is 88.8 cm³/mol. The summed E-state index contributed by atoms with van der Waals surface area (Å²) in [6, 6.07) is 9.22. The van der Waals surface area contributed by atoms with Crippen molar-refractivity contribution in [3.8, 4) is 5.75 Å². The van der Waals surface area contributed by atoms with Crippen LogP contribution in [0.15, 0.2) is 24.3 Å². The standard InChI is InChI=1S/C18H30N2O/c1-3-4-5-11-20(2)12-13-21-18-8-6-7-16(14-18)15-19-17-9-10-17/h6-8,14,17,19H,3-5,9-13,15H2,1-2H3. The highest BCUT2D eigenvalue weighted by molar-refractivity contribution is 5.28. The maximum absolute atomic E-state index is 5.88. The Bertz CT molecular complexity index is 404. The Kier molecular flexibility index (Phi) is 7.04. The van der Waals surface area contributed by atoms with Gasteiger partial charge in [0.15, 0.2) is 0 Å². The molecule has 0 aromatic heterocycles. The van der Waals surface area contributed by atoms with Crippen LogP contribution in [0.4, 0.5) is 0 Å². The molecule has 1 aromatic rings. The summed E-state index contributed by atoms with van der Waals surface area (Å²) in [7, 11) is 2.18. The van der Waals surface area contributed by atoms with Crippen LogP contribution in [0.1, 0.15) is 44.6 Å². The van der Waals surface area contributed by atoms with Gasteiger partial charge in [-0.1, -0.05) is 31.9 Å². The van der Waals surface area contributed by atoms with Gasteiger partial charge in [-0.3, -0.25) is 0 Å². The molecule has 21 heavy (non-hydrogen) atoms. The zero-order valence-electron chi connectivity index (χ0n) is 13.6. The summed E-state index contributed by atoms with van der Waals surface area (Å²) in [5.74, 6) is 0.993. The third-order valence-electron chi connectivity index (χ3n) is 3.96. The molecule has 1 aliphatic rings. The molecule has 3 heteroatoms. The number of benzene rings is 1. The minimum atomic E-state index is 0.756. The molecular weight excluding hydrogens is 260 g/mol. The molecule has 1 fully saturated rings. The van der Waals surface area contributed by atoms with Crippen LogP contribution in [-0.4, -0.2) is 37.7 Å². The van der Waals surface area contributed by atoms with Crippen molar-refractivity contribution >= 4 is 0 Å². The van der Waals surface area contributed by atoms with Gasteiger partial charge in [-0.15, -0.1) is 0 Å². The van der Waals surface area contributed by atoms with Crippen molar-refractivity contribution in [2.75, 3.05) is 26.7 Å². The fourth-order valence-electron chi connectivity index (χ4n) is 2.36. The minimum absolute atomic E-state index is 0.756. The van der Waals surface area contributed by atoms with Crippen molar-refractivity contribution in [3.05, 3.63) is 29.8 Å². The number of likely N-dealkylation sites (N-methyl/N-ethyl adjacent to an activating group) is 1. The van der Waals surface area contributed by atoms with Crippen molar-refractivity contribution in [1.82, 2.24) is 10.2 Å². The van der Waals surface area contributed by atoms with E-state index in [2.05, 4.69) is 48.5 Å². The third-order valence-corrected chi connectivity index (χ3v) is 3.96. The molecule has 1 aromatic carbocycles. The van der Waals surface area contributed by atoms with Crippen LogP contribution in [0.3, 0.4) is 0 Å². The molecule has 0 bridgehead atoms. The quantitative estimate of drug-likeness (QED) is 0.632. The minimum Gasteiger partial charge on any atom is -0.492 e. The maximum atomic E-state index is 5.88. The van der Waals surface area contributed by atoms with E-state index in [1.54, 1.807) is 0 Å². The van der Waals surface area contributed by atoms with Gasteiger partial charge in [0, 0.05) is 19.1 Å². The lowest BCUT2D eigenvalue weighted by Crippen LogP contribution is -2.25. The van der Waals surface area contributed by atoms with E-state index in [0.29, 0.717) is 0 Å². The molecule has 0 spiro atoms. The van der Waals surface area contributed by atoms with Crippen LogP contribution in [0.5, 0.6) is 5.75 Å². The van der Waals surface area contributed by atoms with Crippen molar-refractivity contribution < 1.29 is 4.74 Å². The summed E-state index contributed by atoms with van der Waals surface area (Å²) >= 11 is 0. The van der Waals surface area contributed by atoms with Gasteiger partial charge in [-0.25, -0.2) is 0 Å². The molecular formula is C18H30N2O. The highest BCUT2D eigenvalue weighted by atomic mass is 16.5. The lowest BCUT2D eigenvalue weighted by molar-refractivity contribution is 0.234. The Morgan fingerprint density at radius 2 is 2.10 bits per heavy atom. The van der Waals surface area contributed by atoms with E-state index in [-0.39, 0.29) is 0 Å². The Morgan fingerprint density at radius 3 is 2.86 bits per heavy atom. The highest BCUT2D eigenvalue weighted by Gasteiger charge is 2.19. The van der Waals surface area contributed by atoms with E-state index in [4.69, 9.17) is 4.74 Å². The van der Waals surface area contributed by atoms with Crippen LogP contribution < -0.4 is 10.1 Å². The number of hydrogen-bond acceptors (Lipinski definition) is 3. The lowest BCUT2D eigenvalue weighted by Gasteiger charge is -2.17. The van der Waals surface area contributed by atoms with Crippen LogP contribution in [0.25, 0.3) is 0 Å². The molecule has 0 unspecified atom stereocenters. The van der Waals surface area contributed by atoms with Crippen molar-refractivity contribution in [1.29, 1.82) is 0 Å². The summed E-state index contributed by atoms with van der Waals surface area (Å²) in [5, 5.41) is 3.54. The van der Waals surface area contributed by atoms with E-state index in [1.807, 2.05) is 0 Å². The molecule has 3 nitrogen and oxygen atoms in total. The van der Waals surface area contributed by atoms with Gasteiger partial charge in [0.2, 0.25) is 0 Å². The average Bonchev–Trinajstić information content (AvgIpc) is 3.30. The second-order valence-electron chi connectivity index (χ2n) is 6.16. The smallest absolute Gasteiger partial charge is 0.119 e. The summed E-state index contributed by atoms with van der Waals surface area (Å²) in [4.78, 5) is 2.36. The van der Waals surface area contributed by atoms with Crippen molar-refractivity contribution in [3.63, 3.8) is 0 Å². The molecule has 0 radical (unpaired) electrons. The first-order valence-corrected chi connectivity index (χ1v) is 8.41. The number of hydrogen-bond donors (Lipinski definition) is 1. The number of ether oxygens (including phenoxy) is 1. The van der Waals surface area contributed by atoms with Crippen LogP contribution in [0, 0.1) is 0 Å². The monoisotopic (exact) mass is 290 g/mol. The number of nitrogens with one attached hydrogen (secondary N) is 1. The third kappa shape index (κ3) is 6.96. The van der Waals surface area contributed by atoms with E-state index in [0.717, 1.165) is 31.5 Å². The molecule has 2 rings (SSSR count). The zero-order chi connectivity index (χ0) is 14.9. The van der Waals surface area contributed by atoms with Gasteiger partial charge in [0.25, 0.3) is 0 Å². The van der Waals surface area contributed by atoms with E-state index in [9.17, 15) is 0 Å². The van der Waals surface area contributed by atoms with Gasteiger partial charge in [-0.2, -0.15) is 0 Å². The largest absolute Gasteiger partial charge is 0.492 e. The van der Waals surface area contributed by atoms with Crippen LogP contribution in [0.2, 0.25) is 0 Å². The maximum Gasteiger partial charge on any atom is 0.119 e. The molecule has 0 amide bonds. The summed E-state index contributed by atoms with van der Waals surface area (Å²) in [5.41, 5.74) is 1.32.